The molecule has 0 amide bonds. The lowest BCUT2D eigenvalue weighted by Crippen LogP contribution is -2.42. The van der Waals surface area contributed by atoms with Crippen LogP contribution in [-0.2, 0) is 0 Å². The highest BCUT2D eigenvalue weighted by Gasteiger charge is 2.31. The van der Waals surface area contributed by atoms with Gasteiger partial charge in [0.2, 0.25) is 5.95 Å². The highest BCUT2D eigenvalue weighted by Crippen LogP contribution is 2.29. The summed E-state index contributed by atoms with van der Waals surface area (Å²) in [6, 6.07) is 1.21. The fraction of sp³-hybridized carbons (Fsp3) is 0.714. The molecule has 2 aliphatic heterocycles. The van der Waals surface area contributed by atoms with E-state index in [1.54, 1.807) is 6.20 Å². The van der Waals surface area contributed by atoms with Gasteiger partial charge in [-0.15, -0.1) is 0 Å². The van der Waals surface area contributed by atoms with Crippen LogP contribution in [0.5, 0.6) is 0 Å². The quantitative estimate of drug-likeness (QED) is 0.894. The summed E-state index contributed by atoms with van der Waals surface area (Å²) in [5, 5.41) is 7.23. The lowest BCUT2D eigenvalue weighted by atomic mass is 9.97. The van der Waals surface area contributed by atoms with Crippen molar-refractivity contribution in [2.45, 2.75) is 44.7 Å². The Hall–Kier alpha value is -1.07. The molecular formula is C14H22ClN5. The van der Waals surface area contributed by atoms with Gasteiger partial charge in [-0.3, -0.25) is 0 Å². The first kappa shape index (κ1) is 13.9. The molecule has 0 saturated carbocycles. The number of nitrogens with one attached hydrogen (secondary N) is 2. The Balaban J connectivity index is 1.66. The predicted octanol–water partition coefficient (Wildman–Crippen LogP) is 2.60. The molecule has 1 aromatic rings. The van der Waals surface area contributed by atoms with Gasteiger partial charge in [-0.25, -0.2) is 4.98 Å². The minimum absolute atomic E-state index is 0.469. The fourth-order valence-corrected chi connectivity index (χ4v) is 3.41. The second kappa shape index (κ2) is 6.14. The molecular weight excluding hydrogens is 274 g/mol. The van der Waals surface area contributed by atoms with Crippen LogP contribution in [0.15, 0.2) is 6.20 Å². The smallest absolute Gasteiger partial charge is 0.224 e. The summed E-state index contributed by atoms with van der Waals surface area (Å²) in [5.41, 5.74) is 0. The van der Waals surface area contributed by atoms with Crippen LogP contribution >= 0.6 is 11.6 Å². The molecule has 0 bridgehead atoms. The van der Waals surface area contributed by atoms with Gasteiger partial charge in [-0.2, -0.15) is 4.98 Å². The van der Waals surface area contributed by atoms with Crippen molar-refractivity contribution in [2.75, 3.05) is 30.3 Å². The Morgan fingerprint density at radius 2 is 2.30 bits per heavy atom. The van der Waals surface area contributed by atoms with Crippen LogP contribution in [0, 0.1) is 0 Å². The van der Waals surface area contributed by atoms with Crippen LogP contribution in [0.2, 0.25) is 5.02 Å². The van der Waals surface area contributed by atoms with Crippen LogP contribution in [0.1, 0.15) is 32.6 Å². The van der Waals surface area contributed by atoms with E-state index in [1.165, 1.54) is 32.4 Å². The highest BCUT2D eigenvalue weighted by atomic mass is 35.5. The van der Waals surface area contributed by atoms with E-state index in [1.807, 2.05) is 6.92 Å². The summed E-state index contributed by atoms with van der Waals surface area (Å²) >= 11 is 6.20. The second-order valence-corrected chi connectivity index (χ2v) is 6.03. The third kappa shape index (κ3) is 2.99. The molecule has 0 spiro atoms. The summed E-state index contributed by atoms with van der Waals surface area (Å²) in [7, 11) is 0. The molecule has 110 valence electrons. The Morgan fingerprint density at radius 3 is 3.15 bits per heavy atom. The van der Waals surface area contributed by atoms with E-state index in [2.05, 4.69) is 25.5 Å². The number of hydrogen-bond acceptors (Lipinski definition) is 5. The molecule has 1 aromatic heterocycles. The number of halogens is 1. The van der Waals surface area contributed by atoms with Gasteiger partial charge in [0.25, 0.3) is 0 Å². The molecule has 20 heavy (non-hydrogen) atoms. The monoisotopic (exact) mass is 295 g/mol. The average Bonchev–Trinajstić information content (AvgIpc) is 2.90. The maximum absolute atomic E-state index is 6.20. The molecule has 2 unspecified atom stereocenters. The van der Waals surface area contributed by atoms with Gasteiger partial charge in [0.1, 0.15) is 5.02 Å². The maximum Gasteiger partial charge on any atom is 0.224 e. The SMILES string of the molecule is CCNc1ncc(Cl)c(NC2CCN3CCCC3C2)n1. The van der Waals surface area contributed by atoms with E-state index in [-0.39, 0.29) is 0 Å². The number of fused-ring (bicyclic) bond motifs is 1. The van der Waals surface area contributed by atoms with E-state index in [4.69, 9.17) is 11.6 Å². The largest absolute Gasteiger partial charge is 0.366 e. The summed E-state index contributed by atoms with van der Waals surface area (Å²) in [5.74, 6) is 1.40. The third-order valence-electron chi connectivity index (χ3n) is 4.24. The average molecular weight is 296 g/mol. The Morgan fingerprint density at radius 1 is 1.40 bits per heavy atom. The Bertz CT molecular complexity index is 467. The molecule has 2 N–H and O–H groups in total. The zero-order valence-electron chi connectivity index (χ0n) is 11.9. The molecule has 6 heteroatoms. The Labute approximate surface area is 125 Å². The summed E-state index contributed by atoms with van der Waals surface area (Å²) < 4.78 is 0. The standard InChI is InChI=1S/C14H22ClN5/c1-2-16-14-17-9-12(15)13(19-14)18-10-5-7-20-6-3-4-11(20)8-10/h9-11H,2-8H2,1H3,(H2,16,17,18,19). The molecule has 2 saturated heterocycles. The van der Waals surface area contributed by atoms with Crippen LogP contribution in [0.4, 0.5) is 11.8 Å². The van der Waals surface area contributed by atoms with Crippen molar-refractivity contribution in [3.05, 3.63) is 11.2 Å². The molecule has 2 aliphatic rings. The summed E-state index contributed by atoms with van der Waals surface area (Å²) in [6.45, 7) is 5.30. The summed E-state index contributed by atoms with van der Waals surface area (Å²) in [4.78, 5) is 11.3. The first-order valence-electron chi connectivity index (χ1n) is 7.53. The van der Waals surface area contributed by atoms with Gasteiger partial charge in [0, 0.05) is 25.2 Å². The normalized spacial score (nSPS) is 26.3. The molecule has 3 heterocycles. The van der Waals surface area contributed by atoms with Crippen molar-refractivity contribution in [3.8, 4) is 0 Å². The molecule has 2 atom stereocenters. The maximum atomic E-state index is 6.20. The third-order valence-corrected chi connectivity index (χ3v) is 4.52. The highest BCUT2D eigenvalue weighted by molar-refractivity contribution is 6.32. The van der Waals surface area contributed by atoms with Crippen LogP contribution in [-0.4, -0.2) is 46.6 Å². The van der Waals surface area contributed by atoms with Crippen molar-refractivity contribution in [3.63, 3.8) is 0 Å². The number of rotatable bonds is 4. The van der Waals surface area contributed by atoms with Gasteiger partial charge in [-0.1, -0.05) is 11.6 Å². The van der Waals surface area contributed by atoms with Crippen molar-refractivity contribution >= 4 is 23.4 Å². The topological polar surface area (TPSA) is 53.1 Å². The minimum atomic E-state index is 0.469. The number of aromatic nitrogens is 2. The van der Waals surface area contributed by atoms with Gasteiger partial charge >= 0.3 is 0 Å². The van der Waals surface area contributed by atoms with E-state index in [0.717, 1.165) is 24.8 Å². The van der Waals surface area contributed by atoms with E-state index in [0.29, 0.717) is 17.0 Å². The summed E-state index contributed by atoms with van der Waals surface area (Å²) in [6.07, 6.45) is 6.69. The predicted molar refractivity (Wildman–Crippen MR) is 82.4 cm³/mol. The van der Waals surface area contributed by atoms with Crippen molar-refractivity contribution in [1.29, 1.82) is 0 Å². The van der Waals surface area contributed by atoms with E-state index < -0.39 is 0 Å². The number of anilines is 2. The Kier molecular flexibility index (Phi) is 4.27. The lowest BCUT2D eigenvalue weighted by Gasteiger charge is -2.35. The zero-order chi connectivity index (χ0) is 13.9. The van der Waals surface area contributed by atoms with Gasteiger partial charge in [-0.05, 0) is 39.2 Å². The van der Waals surface area contributed by atoms with Crippen molar-refractivity contribution in [1.82, 2.24) is 14.9 Å². The van der Waals surface area contributed by atoms with Crippen LogP contribution < -0.4 is 10.6 Å². The number of piperidine rings is 1. The first-order valence-corrected chi connectivity index (χ1v) is 7.91. The van der Waals surface area contributed by atoms with Gasteiger partial charge < -0.3 is 15.5 Å². The molecule has 0 radical (unpaired) electrons. The fourth-order valence-electron chi connectivity index (χ4n) is 3.26. The zero-order valence-corrected chi connectivity index (χ0v) is 12.7. The molecule has 2 fully saturated rings. The van der Waals surface area contributed by atoms with E-state index >= 15 is 0 Å². The number of hydrogen-bond donors (Lipinski definition) is 2. The number of nitrogens with zero attached hydrogens (tertiary/aromatic N) is 3. The van der Waals surface area contributed by atoms with Crippen LogP contribution in [0.25, 0.3) is 0 Å². The second-order valence-electron chi connectivity index (χ2n) is 5.62. The van der Waals surface area contributed by atoms with E-state index in [9.17, 15) is 0 Å². The molecule has 5 nitrogen and oxygen atoms in total. The van der Waals surface area contributed by atoms with Crippen molar-refractivity contribution in [2.24, 2.45) is 0 Å². The van der Waals surface area contributed by atoms with Crippen LogP contribution in [0.3, 0.4) is 0 Å². The van der Waals surface area contributed by atoms with Crippen molar-refractivity contribution < 1.29 is 0 Å². The molecule has 3 rings (SSSR count). The van der Waals surface area contributed by atoms with Gasteiger partial charge in [0.15, 0.2) is 5.82 Å². The first-order chi connectivity index (χ1) is 9.76. The lowest BCUT2D eigenvalue weighted by molar-refractivity contribution is 0.188. The molecule has 0 aliphatic carbocycles. The molecule has 0 aromatic carbocycles. The minimum Gasteiger partial charge on any atom is -0.366 e. The van der Waals surface area contributed by atoms with Gasteiger partial charge in [0.05, 0.1) is 6.20 Å².